The predicted molar refractivity (Wildman–Crippen MR) is 108 cm³/mol. The quantitative estimate of drug-likeness (QED) is 0.634. The van der Waals surface area contributed by atoms with Crippen LogP contribution >= 0.6 is 0 Å². The van der Waals surface area contributed by atoms with E-state index in [0.717, 1.165) is 28.9 Å². The lowest BCUT2D eigenvalue weighted by atomic mass is 9.81. The summed E-state index contributed by atoms with van der Waals surface area (Å²) in [4.78, 5) is 20.6. The Balaban J connectivity index is 1.51. The Labute approximate surface area is 167 Å². The Hall–Kier alpha value is -3.61. The average Bonchev–Trinajstić information content (AvgIpc) is 3.15. The minimum Gasteiger partial charge on any atom is -0.497 e. The summed E-state index contributed by atoms with van der Waals surface area (Å²) in [5.74, 6) is 1.38. The molecular weight excluding hydrogens is 368 g/mol. The van der Waals surface area contributed by atoms with E-state index in [-0.39, 0.29) is 17.7 Å². The van der Waals surface area contributed by atoms with E-state index in [0.29, 0.717) is 24.0 Å². The number of allylic oxidation sites excluding steroid dienone is 1. The molecule has 1 aliphatic heterocycles. The van der Waals surface area contributed by atoms with E-state index in [9.17, 15) is 4.79 Å². The maximum Gasteiger partial charge on any atom is 0.365 e. The molecule has 0 bridgehead atoms. The third-order valence-electron chi connectivity index (χ3n) is 5.34. The van der Waals surface area contributed by atoms with Gasteiger partial charge in [-0.15, -0.1) is 0 Å². The van der Waals surface area contributed by atoms with Crippen molar-refractivity contribution in [3.05, 3.63) is 65.9 Å². The van der Waals surface area contributed by atoms with E-state index in [1.165, 1.54) is 0 Å². The van der Waals surface area contributed by atoms with Crippen molar-refractivity contribution in [2.45, 2.75) is 18.9 Å². The molecule has 0 amide bonds. The Kier molecular flexibility index (Phi) is 4.27. The molecule has 1 aromatic heterocycles. The number of oxazole rings is 1. The van der Waals surface area contributed by atoms with Crippen LogP contribution in [0.4, 0.5) is 6.01 Å². The van der Waals surface area contributed by atoms with Gasteiger partial charge in [-0.1, -0.05) is 24.3 Å². The van der Waals surface area contributed by atoms with E-state index in [1.807, 2.05) is 48.5 Å². The third kappa shape index (κ3) is 3.24. The molecule has 0 saturated heterocycles. The number of nitrogens with one attached hydrogen (secondary N) is 3. The molecule has 7 nitrogen and oxygen atoms in total. The normalized spacial score (nSPS) is 21.1. The van der Waals surface area contributed by atoms with E-state index in [4.69, 9.17) is 9.15 Å². The number of guanidine groups is 1. The standard InChI is InChI=1S/C22H20N4O3/c1-28-14-11-9-13(10-12-14)20-19-16(6-4-7-17(19)27)23-21(25-20)26-22-24-15-5-2-3-8-18(15)29-22/h2-3,5-6,8-12,19-20H,4,7H2,1H3,(H2,23,24,25,26)/p+1/t19-,20-/m0/s1. The fraction of sp³-hybridized carbons (Fsp3) is 0.227. The number of aromatic nitrogens is 1. The van der Waals surface area contributed by atoms with Crippen molar-refractivity contribution >= 4 is 28.9 Å². The number of Topliss-reactive ketones (excluding diaryl/α,β-unsaturated/α-hetero) is 1. The summed E-state index contributed by atoms with van der Waals surface area (Å²) in [7, 11) is 1.64. The maximum absolute atomic E-state index is 12.7. The SMILES string of the molecule is COc1ccc([C@@H]2[NH+]=C(Nc3nc4ccccc4o3)NC3=CCCC(=O)[C@H]32)cc1. The third-order valence-corrected chi connectivity index (χ3v) is 5.34. The second kappa shape index (κ2) is 7.09. The van der Waals surface area contributed by atoms with Gasteiger partial charge in [0.2, 0.25) is 0 Å². The van der Waals surface area contributed by atoms with Gasteiger partial charge in [0.15, 0.2) is 5.58 Å². The molecule has 146 valence electrons. The van der Waals surface area contributed by atoms with Gasteiger partial charge >= 0.3 is 12.0 Å². The molecule has 2 atom stereocenters. The number of benzene rings is 2. The summed E-state index contributed by atoms with van der Waals surface area (Å²) in [6.45, 7) is 0. The maximum atomic E-state index is 12.7. The monoisotopic (exact) mass is 389 g/mol. The van der Waals surface area contributed by atoms with Crippen molar-refractivity contribution in [2.75, 3.05) is 12.4 Å². The van der Waals surface area contributed by atoms with Crippen LogP contribution < -0.4 is 20.4 Å². The highest BCUT2D eigenvalue weighted by Gasteiger charge is 2.41. The predicted octanol–water partition coefficient (Wildman–Crippen LogP) is 1.89. The summed E-state index contributed by atoms with van der Waals surface area (Å²) >= 11 is 0. The summed E-state index contributed by atoms with van der Waals surface area (Å²) < 4.78 is 11.0. The molecule has 0 saturated carbocycles. The zero-order valence-electron chi connectivity index (χ0n) is 15.9. The Morgan fingerprint density at radius 1 is 1.21 bits per heavy atom. The van der Waals surface area contributed by atoms with Crippen LogP contribution in [0, 0.1) is 5.92 Å². The zero-order chi connectivity index (χ0) is 19.8. The lowest BCUT2D eigenvalue weighted by molar-refractivity contribution is -0.522. The van der Waals surface area contributed by atoms with Crippen LogP contribution in [0.15, 0.2) is 64.7 Å². The van der Waals surface area contributed by atoms with Crippen molar-refractivity contribution in [1.82, 2.24) is 10.3 Å². The average molecular weight is 389 g/mol. The molecule has 29 heavy (non-hydrogen) atoms. The molecule has 5 rings (SSSR count). The highest BCUT2D eigenvalue weighted by Crippen LogP contribution is 2.31. The first-order valence-electron chi connectivity index (χ1n) is 9.61. The number of carbonyl (C=O) groups is 1. The fourth-order valence-electron chi connectivity index (χ4n) is 3.93. The second-order valence-corrected chi connectivity index (χ2v) is 7.15. The lowest BCUT2D eigenvalue weighted by Crippen LogP contribution is -2.84. The number of hydrogen-bond donors (Lipinski definition) is 3. The molecule has 7 heteroatoms. The van der Waals surface area contributed by atoms with Crippen LogP contribution in [0.5, 0.6) is 5.75 Å². The van der Waals surface area contributed by atoms with Crippen molar-refractivity contribution < 1.29 is 18.9 Å². The molecule has 2 aliphatic rings. The molecule has 0 radical (unpaired) electrons. The van der Waals surface area contributed by atoms with Gasteiger partial charge in [0.1, 0.15) is 29.0 Å². The number of rotatable bonds is 3. The van der Waals surface area contributed by atoms with Gasteiger partial charge in [-0.3, -0.25) is 9.79 Å². The smallest absolute Gasteiger partial charge is 0.365 e. The van der Waals surface area contributed by atoms with Crippen LogP contribution in [0.25, 0.3) is 11.1 Å². The number of methoxy groups -OCH3 is 1. The van der Waals surface area contributed by atoms with Crippen molar-refractivity contribution in [1.29, 1.82) is 0 Å². The van der Waals surface area contributed by atoms with Crippen LogP contribution in [0.3, 0.4) is 0 Å². The number of anilines is 1. The van der Waals surface area contributed by atoms with E-state index in [2.05, 4.69) is 26.7 Å². The zero-order valence-corrected chi connectivity index (χ0v) is 15.9. The first kappa shape index (κ1) is 17.5. The first-order chi connectivity index (χ1) is 14.2. The number of ether oxygens (including phenoxy) is 1. The molecule has 2 heterocycles. The number of nitrogens with zero attached hydrogens (tertiary/aromatic N) is 1. The number of hydrogen-bond acceptors (Lipinski definition) is 6. The van der Waals surface area contributed by atoms with Crippen molar-refractivity contribution in [3.8, 4) is 5.75 Å². The molecule has 0 spiro atoms. The van der Waals surface area contributed by atoms with E-state index < -0.39 is 0 Å². The minimum atomic E-state index is -0.258. The van der Waals surface area contributed by atoms with E-state index in [1.54, 1.807) is 7.11 Å². The highest BCUT2D eigenvalue weighted by atomic mass is 16.5. The Bertz CT molecular complexity index is 1100. The molecule has 3 N–H and O–H groups in total. The highest BCUT2D eigenvalue weighted by molar-refractivity contribution is 5.93. The van der Waals surface area contributed by atoms with Gasteiger partial charge in [-0.05, 0) is 42.3 Å². The number of ketones is 1. The summed E-state index contributed by atoms with van der Waals surface area (Å²) in [5.41, 5.74) is 3.40. The molecular formula is C22H21N4O3+. The summed E-state index contributed by atoms with van der Waals surface area (Å²) in [6.07, 6.45) is 3.39. The molecule has 2 aromatic carbocycles. The summed E-state index contributed by atoms with van der Waals surface area (Å²) in [5, 5.41) is 6.49. The topological polar surface area (TPSA) is 90.4 Å². The van der Waals surface area contributed by atoms with E-state index >= 15 is 0 Å². The number of fused-ring (bicyclic) bond motifs is 2. The van der Waals surface area contributed by atoms with Crippen molar-refractivity contribution in [3.63, 3.8) is 0 Å². The first-order valence-corrected chi connectivity index (χ1v) is 9.61. The molecule has 3 aromatic rings. The molecule has 0 fully saturated rings. The number of carbonyl (C=O) groups excluding carboxylic acids is 1. The Morgan fingerprint density at radius 2 is 2.03 bits per heavy atom. The number of para-hydroxylation sites is 2. The minimum absolute atomic E-state index is 0.201. The lowest BCUT2D eigenvalue weighted by Gasteiger charge is -2.30. The van der Waals surface area contributed by atoms with Gasteiger partial charge in [0.05, 0.1) is 12.8 Å². The molecule has 1 aliphatic carbocycles. The van der Waals surface area contributed by atoms with Gasteiger partial charge in [0.25, 0.3) is 0 Å². The van der Waals surface area contributed by atoms with Gasteiger partial charge in [0, 0.05) is 6.42 Å². The van der Waals surface area contributed by atoms with Crippen LogP contribution in [0.1, 0.15) is 24.4 Å². The Morgan fingerprint density at radius 3 is 2.83 bits per heavy atom. The summed E-state index contributed by atoms with van der Waals surface area (Å²) in [6, 6.07) is 15.6. The second-order valence-electron chi connectivity index (χ2n) is 7.15. The van der Waals surface area contributed by atoms with Gasteiger partial charge in [-0.25, -0.2) is 5.32 Å². The fourth-order valence-corrected chi connectivity index (χ4v) is 3.93. The van der Waals surface area contributed by atoms with Crippen LogP contribution in [0.2, 0.25) is 0 Å². The van der Waals surface area contributed by atoms with Crippen LogP contribution in [-0.4, -0.2) is 23.8 Å². The van der Waals surface area contributed by atoms with Crippen molar-refractivity contribution in [2.24, 2.45) is 5.92 Å². The van der Waals surface area contributed by atoms with Crippen LogP contribution in [-0.2, 0) is 4.79 Å². The van der Waals surface area contributed by atoms with Gasteiger partial charge in [-0.2, -0.15) is 10.3 Å². The molecule has 0 unspecified atom stereocenters. The van der Waals surface area contributed by atoms with Gasteiger partial charge < -0.3 is 9.15 Å². The largest absolute Gasteiger partial charge is 0.497 e.